The van der Waals surface area contributed by atoms with Crippen LogP contribution in [0.3, 0.4) is 0 Å². The smallest absolute Gasteiger partial charge is 0.261 e. The van der Waals surface area contributed by atoms with Gasteiger partial charge in [0.25, 0.3) is 5.91 Å². The summed E-state index contributed by atoms with van der Waals surface area (Å²) in [5.41, 5.74) is 6.60. The van der Waals surface area contributed by atoms with Crippen molar-refractivity contribution in [2.24, 2.45) is 5.73 Å². The number of para-hydroxylation sites is 1. The Kier molecular flexibility index (Phi) is 4.77. The van der Waals surface area contributed by atoms with Crippen molar-refractivity contribution in [2.75, 3.05) is 13.2 Å². The van der Waals surface area contributed by atoms with Gasteiger partial charge in [0.2, 0.25) is 5.91 Å². The molecule has 1 aliphatic heterocycles. The number of carbonyl (C=O) groups is 2. The van der Waals surface area contributed by atoms with Gasteiger partial charge in [-0.25, -0.2) is 4.98 Å². The van der Waals surface area contributed by atoms with Crippen LogP contribution in [0.2, 0.25) is 0 Å². The fourth-order valence-electron chi connectivity index (χ4n) is 3.30. The number of hydrogen-bond donors (Lipinski definition) is 1. The van der Waals surface area contributed by atoms with Crippen LogP contribution in [0.25, 0.3) is 10.2 Å². The molecule has 1 aliphatic rings. The molecular formula is C20H19N3O3S. The van der Waals surface area contributed by atoms with Gasteiger partial charge in [0.1, 0.15) is 10.8 Å². The SMILES string of the molecule is NC(=O)c1ccc(OCC(=O)N2CCCC2c2nc3ccccc3s2)cc1. The van der Waals surface area contributed by atoms with Crippen LogP contribution < -0.4 is 10.5 Å². The van der Waals surface area contributed by atoms with Crippen molar-refractivity contribution < 1.29 is 14.3 Å². The van der Waals surface area contributed by atoms with E-state index in [9.17, 15) is 9.59 Å². The number of nitrogens with two attached hydrogens (primary N) is 1. The second-order valence-electron chi connectivity index (χ2n) is 6.44. The average Bonchev–Trinajstić information content (AvgIpc) is 3.32. The summed E-state index contributed by atoms with van der Waals surface area (Å²) in [6.07, 6.45) is 1.87. The normalized spacial score (nSPS) is 16.6. The van der Waals surface area contributed by atoms with E-state index in [-0.39, 0.29) is 18.6 Å². The van der Waals surface area contributed by atoms with Crippen LogP contribution in [0.4, 0.5) is 0 Å². The molecule has 1 atom stereocenters. The molecule has 27 heavy (non-hydrogen) atoms. The first-order chi connectivity index (χ1) is 13.1. The Balaban J connectivity index is 1.43. The molecule has 0 radical (unpaired) electrons. The van der Waals surface area contributed by atoms with Gasteiger partial charge < -0.3 is 15.4 Å². The van der Waals surface area contributed by atoms with Crippen LogP contribution >= 0.6 is 11.3 Å². The lowest BCUT2D eigenvalue weighted by atomic mass is 10.2. The number of fused-ring (bicyclic) bond motifs is 1. The molecule has 2 amide bonds. The summed E-state index contributed by atoms with van der Waals surface area (Å²) in [6, 6.07) is 14.5. The van der Waals surface area contributed by atoms with Crippen LogP contribution in [0.1, 0.15) is 34.2 Å². The van der Waals surface area contributed by atoms with Gasteiger partial charge in [-0.1, -0.05) is 12.1 Å². The van der Waals surface area contributed by atoms with E-state index in [1.54, 1.807) is 35.6 Å². The standard InChI is InChI=1S/C20H19N3O3S/c21-19(25)13-7-9-14(10-8-13)26-12-18(24)23-11-3-5-16(23)20-22-15-4-1-2-6-17(15)27-20/h1-2,4,6-10,16H,3,5,11-12H2,(H2,21,25). The molecule has 6 nitrogen and oxygen atoms in total. The second-order valence-corrected chi connectivity index (χ2v) is 7.50. The maximum absolute atomic E-state index is 12.7. The molecule has 0 bridgehead atoms. The molecule has 0 saturated carbocycles. The number of rotatable bonds is 5. The fourth-order valence-corrected chi connectivity index (χ4v) is 4.41. The number of nitrogens with zero attached hydrogens (tertiary/aromatic N) is 2. The number of hydrogen-bond acceptors (Lipinski definition) is 5. The molecule has 3 aromatic rings. The summed E-state index contributed by atoms with van der Waals surface area (Å²) in [5, 5.41) is 0.980. The molecule has 7 heteroatoms. The molecule has 0 aliphatic carbocycles. The van der Waals surface area contributed by atoms with Gasteiger partial charge in [-0.3, -0.25) is 9.59 Å². The van der Waals surface area contributed by atoms with Gasteiger partial charge in [0, 0.05) is 12.1 Å². The molecule has 1 saturated heterocycles. The first-order valence-corrected chi connectivity index (χ1v) is 9.61. The first-order valence-electron chi connectivity index (χ1n) is 8.79. The lowest BCUT2D eigenvalue weighted by Gasteiger charge is -2.23. The number of benzene rings is 2. The summed E-state index contributed by atoms with van der Waals surface area (Å²) in [5.74, 6) is -0.0202. The summed E-state index contributed by atoms with van der Waals surface area (Å²) >= 11 is 1.64. The number of amides is 2. The molecule has 2 aromatic carbocycles. The molecule has 2 heterocycles. The van der Waals surface area contributed by atoms with Crippen molar-refractivity contribution in [3.8, 4) is 5.75 Å². The minimum absolute atomic E-state index is 0.00994. The van der Waals surface area contributed by atoms with Crippen molar-refractivity contribution >= 4 is 33.4 Å². The first kappa shape index (κ1) is 17.5. The molecule has 1 unspecified atom stereocenters. The van der Waals surface area contributed by atoms with Gasteiger partial charge >= 0.3 is 0 Å². The van der Waals surface area contributed by atoms with Crippen LogP contribution in [-0.2, 0) is 4.79 Å². The van der Waals surface area contributed by atoms with Crippen molar-refractivity contribution in [1.82, 2.24) is 9.88 Å². The van der Waals surface area contributed by atoms with E-state index in [0.29, 0.717) is 17.9 Å². The van der Waals surface area contributed by atoms with Gasteiger partial charge in [-0.2, -0.15) is 0 Å². The summed E-state index contributed by atoms with van der Waals surface area (Å²) in [6.45, 7) is 0.667. The summed E-state index contributed by atoms with van der Waals surface area (Å²) in [7, 11) is 0. The van der Waals surface area contributed by atoms with Crippen molar-refractivity contribution in [1.29, 1.82) is 0 Å². The Labute approximate surface area is 160 Å². The Morgan fingerprint density at radius 2 is 1.96 bits per heavy atom. The van der Waals surface area contributed by atoms with Crippen LogP contribution in [0, 0.1) is 0 Å². The minimum atomic E-state index is -0.492. The zero-order valence-corrected chi connectivity index (χ0v) is 15.4. The van der Waals surface area contributed by atoms with Gasteiger partial charge in [-0.05, 0) is 49.2 Å². The van der Waals surface area contributed by atoms with Gasteiger partial charge in [-0.15, -0.1) is 11.3 Å². The Hall–Kier alpha value is -2.93. The fraction of sp³-hybridized carbons (Fsp3) is 0.250. The predicted octanol–water partition coefficient (Wildman–Crippen LogP) is 3.14. The monoisotopic (exact) mass is 381 g/mol. The number of primary amides is 1. The second kappa shape index (κ2) is 7.36. The Bertz CT molecular complexity index is 951. The third-order valence-corrected chi connectivity index (χ3v) is 5.81. The summed E-state index contributed by atoms with van der Waals surface area (Å²) in [4.78, 5) is 30.4. The Morgan fingerprint density at radius 3 is 2.70 bits per heavy atom. The highest BCUT2D eigenvalue weighted by Crippen LogP contribution is 2.36. The molecule has 4 rings (SSSR count). The highest BCUT2D eigenvalue weighted by Gasteiger charge is 2.32. The van der Waals surface area contributed by atoms with Gasteiger partial charge in [0.15, 0.2) is 6.61 Å². The lowest BCUT2D eigenvalue weighted by molar-refractivity contribution is -0.134. The maximum atomic E-state index is 12.7. The quantitative estimate of drug-likeness (QED) is 0.736. The van der Waals surface area contributed by atoms with Gasteiger partial charge in [0.05, 0.1) is 16.3 Å². The minimum Gasteiger partial charge on any atom is -0.484 e. The third-order valence-electron chi connectivity index (χ3n) is 4.67. The molecule has 0 spiro atoms. The number of carbonyl (C=O) groups excluding carboxylic acids is 2. The number of thiazole rings is 1. The highest BCUT2D eigenvalue weighted by molar-refractivity contribution is 7.18. The molecule has 1 fully saturated rings. The molecule has 2 N–H and O–H groups in total. The predicted molar refractivity (Wildman–Crippen MR) is 104 cm³/mol. The molecule has 138 valence electrons. The van der Waals surface area contributed by atoms with E-state index in [2.05, 4.69) is 6.07 Å². The van der Waals surface area contributed by atoms with E-state index in [0.717, 1.165) is 28.1 Å². The average molecular weight is 381 g/mol. The number of aromatic nitrogens is 1. The number of ether oxygens (including phenoxy) is 1. The topological polar surface area (TPSA) is 85.5 Å². The van der Waals surface area contributed by atoms with E-state index >= 15 is 0 Å². The highest BCUT2D eigenvalue weighted by atomic mass is 32.1. The van der Waals surface area contributed by atoms with E-state index in [4.69, 9.17) is 15.5 Å². The molecule has 1 aromatic heterocycles. The lowest BCUT2D eigenvalue weighted by Crippen LogP contribution is -2.34. The zero-order valence-electron chi connectivity index (χ0n) is 14.6. The van der Waals surface area contributed by atoms with E-state index < -0.39 is 5.91 Å². The maximum Gasteiger partial charge on any atom is 0.261 e. The third kappa shape index (κ3) is 3.64. The largest absolute Gasteiger partial charge is 0.484 e. The van der Waals surface area contributed by atoms with E-state index in [1.165, 1.54) is 0 Å². The van der Waals surface area contributed by atoms with Crippen LogP contribution in [-0.4, -0.2) is 34.8 Å². The van der Waals surface area contributed by atoms with E-state index in [1.807, 2.05) is 23.1 Å². The van der Waals surface area contributed by atoms with Crippen LogP contribution in [0.5, 0.6) is 5.75 Å². The molecular weight excluding hydrogens is 362 g/mol. The number of likely N-dealkylation sites (tertiary alicyclic amines) is 1. The Morgan fingerprint density at radius 1 is 1.19 bits per heavy atom. The zero-order chi connectivity index (χ0) is 18.8. The van der Waals surface area contributed by atoms with Crippen molar-refractivity contribution in [2.45, 2.75) is 18.9 Å². The summed E-state index contributed by atoms with van der Waals surface area (Å²) < 4.78 is 6.73. The van der Waals surface area contributed by atoms with Crippen molar-refractivity contribution in [3.63, 3.8) is 0 Å². The van der Waals surface area contributed by atoms with Crippen LogP contribution in [0.15, 0.2) is 48.5 Å². The van der Waals surface area contributed by atoms with Crippen molar-refractivity contribution in [3.05, 3.63) is 59.1 Å².